The average Bonchev–Trinajstić information content (AvgIpc) is 2.74. The van der Waals surface area contributed by atoms with Crippen LogP contribution in [0.1, 0.15) is 15.1 Å². The molecule has 2 heterocycles. The first-order chi connectivity index (χ1) is 7.08. The second kappa shape index (κ2) is 4.94. The fourth-order valence-electron chi connectivity index (χ4n) is 1.09. The van der Waals surface area contributed by atoms with E-state index in [1.807, 2.05) is 18.2 Å². The second-order valence-corrected chi connectivity index (χ2v) is 7.77. The summed E-state index contributed by atoms with van der Waals surface area (Å²) in [4.78, 5) is 2.05. The van der Waals surface area contributed by atoms with Crippen LogP contribution in [0.3, 0.4) is 0 Å². The highest BCUT2D eigenvalue weighted by atomic mass is 79.9. The molecule has 0 aromatic carbocycles. The molecule has 2 aromatic rings. The van der Waals surface area contributed by atoms with E-state index in [4.69, 9.17) is 34.8 Å². The van der Waals surface area contributed by atoms with Gasteiger partial charge in [-0.2, -0.15) is 0 Å². The lowest BCUT2D eigenvalue weighted by Gasteiger charge is -2.02. The van der Waals surface area contributed by atoms with Gasteiger partial charge in [0.1, 0.15) is 5.38 Å². The minimum absolute atomic E-state index is 0.170. The van der Waals surface area contributed by atoms with Gasteiger partial charge >= 0.3 is 0 Å². The van der Waals surface area contributed by atoms with Crippen LogP contribution in [0.2, 0.25) is 9.36 Å². The standard InChI is InChI=1S/C9H4BrCl3S2/c10-9-4(11)3-6(15-9)8(13)5-1-2-7(12)14-5/h1-3,8H. The minimum Gasteiger partial charge on any atom is -0.130 e. The van der Waals surface area contributed by atoms with E-state index in [2.05, 4.69) is 15.9 Å². The van der Waals surface area contributed by atoms with Crippen molar-refractivity contribution in [1.29, 1.82) is 0 Å². The zero-order valence-corrected chi connectivity index (χ0v) is 12.6. The van der Waals surface area contributed by atoms with E-state index in [9.17, 15) is 0 Å². The molecule has 0 saturated carbocycles. The van der Waals surface area contributed by atoms with Gasteiger partial charge in [-0.1, -0.05) is 23.2 Å². The second-order valence-electron chi connectivity index (χ2n) is 2.77. The highest BCUT2D eigenvalue weighted by Gasteiger charge is 2.17. The predicted octanol–water partition coefficient (Wildman–Crippen LogP) is 6.21. The number of halogens is 4. The van der Waals surface area contributed by atoms with Crippen LogP contribution in [0.25, 0.3) is 0 Å². The summed E-state index contributed by atoms with van der Waals surface area (Å²) in [5.41, 5.74) is 0. The van der Waals surface area contributed by atoms with Gasteiger partial charge in [-0.05, 0) is 34.1 Å². The maximum Gasteiger partial charge on any atom is 0.102 e. The predicted molar refractivity (Wildman–Crippen MR) is 74.1 cm³/mol. The van der Waals surface area contributed by atoms with Crippen molar-refractivity contribution < 1.29 is 0 Å². The maximum atomic E-state index is 6.31. The average molecular weight is 363 g/mol. The highest BCUT2D eigenvalue weighted by molar-refractivity contribution is 9.11. The molecular weight excluding hydrogens is 358 g/mol. The molecule has 0 radical (unpaired) electrons. The summed E-state index contributed by atoms with van der Waals surface area (Å²) >= 11 is 24.5. The van der Waals surface area contributed by atoms with Crippen LogP contribution < -0.4 is 0 Å². The number of hydrogen-bond donors (Lipinski definition) is 0. The van der Waals surface area contributed by atoms with Gasteiger partial charge in [0, 0.05) is 9.75 Å². The maximum absolute atomic E-state index is 6.31. The molecule has 80 valence electrons. The lowest BCUT2D eigenvalue weighted by atomic mass is 10.3. The van der Waals surface area contributed by atoms with Crippen molar-refractivity contribution in [2.45, 2.75) is 5.38 Å². The van der Waals surface area contributed by atoms with Crippen molar-refractivity contribution in [3.05, 3.63) is 41.1 Å². The summed E-state index contributed by atoms with van der Waals surface area (Å²) < 4.78 is 1.66. The quantitative estimate of drug-likeness (QED) is 0.557. The molecule has 1 unspecified atom stereocenters. The number of thiophene rings is 2. The van der Waals surface area contributed by atoms with Gasteiger partial charge in [-0.15, -0.1) is 34.3 Å². The van der Waals surface area contributed by atoms with Crippen molar-refractivity contribution in [3.8, 4) is 0 Å². The van der Waals surface area contributed by atoms with Gasteiger partial charge in [0.2, 0.25) is 0 Å². The Hall–Kier alpha value is 0.750. The van der Waals surface area contributed by atoms with Crippen molar-refractivity contribution in [2.75, 3.05) is 0 Å². The largest absolute Gasteiger partial charge is 0.130 e. The number of alkyl halides is 1. The fraction of sp³-hybridized carbons (Fsp3) is 0.111. The zero-order chi connectivity index (χ0) is 11.0. The van der Waals surface area contributed by atoms with Crippen LogP contribution in [0.15, 0.2) is 22.0 Å². The molecule has 0 N–H and O–H groups in total. The van der Waals surface area contributed by atoms with E-state index in [0.717, 1.165) is 17.9 Å². The Labute approximate surface area is 119 Å². The summed E-state index contributed by atoms with van der Waals surface area (Å²) in [7, 11) is 0. The van der Waals surface area contributed by atoms with E-state index >= 15 is 0 Å². The van der Waals surface area contributed by atoms with Gasteiger partial charge < -0.3 is 0 Å². The molecule has 0 amide bonds. The van der Waals surface area contributed by atoms with Gasteiger partial charge in [0.15, 0.2) is 0 Å². The molecule has 0 bridgehead atoms. The normalized spacial score (nSPS) is 13.1. The third-order valence-electron chi connectivity index (χ3n) is 1.76. The van der Waals surface area contributed by atoms with E-state index in [-0.39, 0.29) is 5.38 Å². The highest BCUT2D eigenvalue weighted by Crippen LogP contribution is 2.42. The lowest BCUT2D eigenvalue weighted by molar-refractivity contribution is 1.24. The van der Waals surface area contributed by atoms with Crippen molar-refractivity contribution in [3.63, 3.8) is 0 Å². The first-order valence-corrected chi connectivity index (χ1v) is 7.54. The Balaban J connectivity index is 2.31. The zero-order valence-electron chi connectivity index (χ0n) is 7.14. The summed E-state index contributed by atoms with van der Waals surface area (Å²) in [5.74, 6) is 0. The molecule has 0 aliphatic rings. The van der Waals surface area contributed by atoms with Crippen LogP contribution >= 0.6 is 73.4 Å². The molecule has 0 saturated heterocycles. The third kappa shape index (κ3) is 2.71. The molecule has 1 atom stereocenters. The summed E-state index contributed by atoms with van der Waals surface area (Å²) in [6, 6.07) is 5.66. The molecule has 0 aliphatic carbocycles. The Morgan fingerprint density at radius 3 is 2.33 bits per heavy atom. The number of rotatable bonds is 2. The Kier molecular flexibility index (Phi) is 4.03. The third-order valence-corrected chi connectivity index (χ3v) is 6.32. The van der Waals surface area contributed by atoms with Crippen molar-refractivity contribution in [2.24, 2.45) is 0 Å². The van der Waals surface area contributed by atoms with Gasteiger partial charge in [0.25, 0.3) is 0 Å². The molecule has 6 heteroatoms. The smallest absolute Gasteiger partial charge is 0.102 e. The molecular formula is C9H4BrCl3S2. The Morgan fingerprint density at radius 1 is 1.13 bits per heavy atom. The lowest BCUT2D eigenvalue weighted by Crippen LogP contribution is -1.83. The molecule has 2 aromatic heterocycles. The van der Waals surface area contributed by atoms with Crippen LogP contribution in [-0.4, -0.2) is 0 Å². The summed E-state index contributed by atoms with van der Waals surface area (Å²) in [6.07, 6.45) is 0. The summed E-state index contributed by atoms with van der Waals surface area (Å²) in [5, 5.41) is 0.527. The molecule has 0 nitrogen and oxygen atoms in total. The van der Waals surface area contributed by atoms with Crippen molar-refractivity contribution >= 4 is 73.4 Å². The van der Waals surface area contributed by atoms with E-state index in [0.29, 0.717) is 5.02 Å². The SMILES string of the molecule is Clc1ccc(C(Cl)c2cc(Cl)c(Br)s2)s1. The van der Waals surface area contributed by atoms with Crippen LogP contribution in [-0.2, 0) is 0 Å². The first kappa shape index (κ1) is 12.2. The summed E-state index contributed by atoms with van der Waals surface area (Å²) in [6.45, 7) is 0. The number of hydrogen-bond acceptors (Lipinski definition) is 2. The van der Waals surface area contributed by atoms with Crippen LogP contribution in [0.5, 0.6) is 0 Å². The van der Waals surface area contributed by atoms with Gasteiger partial charge in [-0.3, -0.25) is 0 Å². The van der Waals surface area contributed by atoms with Gasteiger partial charge in [-0.25, -0.2) is 0 Å². The minimum atomic E-state index is -0.170. The monoisotopic (exact) mass is 360 g/mol. The van der Waals surface area contributed by atoms with Crippen molar-refractivity contribution in [1.82, 2.24) is 0 Å². The van der Waals surface area contributed by atoms with Crippen LogP contribution in [0.4, 0.5) is 0 Å². The topological polar surface area (TPSA) is 0 Å². The Morgan fingerprint density at radius 2 is 1.87 bits per heavy atom. The fourth-order valence-corrected chi connectivity index (χ4v) is 4.37. The molecule has 0 spiro atoms. The molecule has 15 heavy (non-hydrogen) atoms. The molecule has 2 rings (SSSR count). The van der Waals surface area contributed by atoms with E-state index in [1.165, 1.54) is 11.3 Å². The molecule has 0 fully saturated rings. The van der Waals surface area contributed by atoms with Gasteiger partial charge in [0.05, 0.1) is 13.1 Å². The van der Waals surface area contributed by atoms with E-state index < -0.39 is 0 Å². The van der Waals surface area contributed by atoms with Crippen LogP contribution in [0, 0.1) is 0 Å². The molecule has 0 aliphatic heterocycles. The van der Waals surface area contributed by atoms with E-state index in [1.54, 1.807) is 11.3 Å². The Bertz CT molecular complexity index is 458. The first-order valence-electron chi connectivity index (χ1n) is 3.92.